The highest BCUT2D eigenvalue weighted by Gasteiger charge is 2.45. The Morgan fingerprint density at radius 3 is 2.40 bits per heavy atom. The topological polar surface area (TPSA) is 73.9 Å². The number of esters is 1. The molecule has 2 aromatic rings. The van der Waals surface area contributed by atoms with Gasteiger partial charge < -0.3 is 9.64 Å². The molecule has 0 heterocycles. The molecule has 0 radical (unpaired) electrons. The summed E-state index contributed by atoms with van der Waals surface area (Å²) in [6, 6.07) is 11.6. The summed E-state index contributed by atoms with van der Waals surface area (Å²) in [5, 5.41) is 10.9. The molecule has 0 saturated heterocycles. The Morgan fingerprint density at radius 2 is 1.83 bits per heavy atom. The molecule has 1 fully saturated rings. The number of nitro groups is 1. The number of benzene rings is 2. The molecule has 6 nitrogen and oxygen atoms in total. The number of nitro benzene ring substituents is 1. The molecule has 0 amide bonds. The van der Waals surface area contributed by atoms with E-state index in [0.29, 0.717) is 5.56 Å². The van der Waals surface area contributed by atoms with Crippen LogP contribution in [0.15, 0.2) is 48.5 Å². The number of non-ortho nitro benzene ring substituents is 1. The summed E-state index contributed by atoms with van der Waals surface area (Å²) in [5.74, 6) is -0.926. The highest BCUT2D eigenvalue weighted by Crippen LogP contribution is 2.47. The normalized spacial score (nSPS) is 16.8. The van der Waals surface area contributed by atoms with Crippen molar-refractivity contribution >= 4 is 11.7 Å². The molecule has 0 bridgehead atoms. The zero-order valence-corrected chi connectivity index (χ0v) is 17.4. The number of hydrogen-bond donors (Lipinski definition) is 1. The van der Waals surface area contributed by atoms with Crippen molar-refractivity contribution in [3.05, 3.63) is 75.6 Å². The van der Waals surface area contributed by atoms with Crippen LogP contribution in [0, 0.1) is 21.3 Å². The van der Waals surface area contributed by atoms with Crippen LogP contribution < -0.4 is 4.90 Å². The van der Waals surface area contributed by atoms with Gasteiger partial charge in [-0.25, -0.2) is 9.18 Å². The number of rotatable bonds is 7. The maximum Gasteiger partial charge on any atom is 0.338 e. The van der Waals surface area contributed by atoms with E-state index >= 15 is 0 Å². The van der Waals surface area contributed by atoms with Gasteiger partial charge >= 0.3 is 5.97 Å². The second-order valence-electron chi connectivity index (χ2n) is 8.45. The van der Waals surface area contributed by atoms with E-state index in [4.69, 9.17) is 4.74 Å². The summed E-state index contributed by atoms with van der Waals surface area (Å²) in [7, 11) is 4.13. The number of quaternary nitrogens is 1. The van der Waals surface area contributed by atoms with Crippen molar-refractivity contribution in [2.75, 3.05) is 20.6 Å². The predicted molar refractivity (Wildman–Crippen MR) is 111 cm³/mol. The fourth-order valence-electron chi connectivity index (χ4n) is 4.60. The molecule has 3 rings (SSSR count). The standard InChI is InChI=1S/C23H27FN2O4/c1-25(2)16-23(13-4-3-5-14-23)21(18-7-6-8-19(24)15-18)30-22(27)17-9-11-20(12-10-17)26(28)29/h6-12,15,21H,3-5,13-14,16H2,1-2H3/p+1/t21-/m1/s1. The summed E-state index contributed by atoms with van der Waals surface area (Å²) in [5.41, 5.74) is 0.508. The number of halogens is 1. The number of hydrogen-bond acceptors (Lipinski definition) is 4. The molecule has 1 aliphatic rings. The van der Waals surface area contributed by atoms with Gasteiger partial charge in [-0.1, -0.05) is 31.4 Å². The largest absolute Gasteiger partial charge is 0.453 e. The second-order valence-corrected chi connectivity index (χ2v) is 8.45. The minimum Gasteiger partial charge on any atom is -0.453 e. The number of carbonyl (C=O) groups excluding carboxylic acids is 1. The SMILES string of the molecule is C[NH+](C)CC1([C@H](OC(=O)c2ccc([N+](=O)[O-])cc2)c2cccc(F)c2)CCCCC1. The lowest BCUT2D eigenvalue weighted by Gasteiger charge is -2.43. The second kappa shape index (κ2) is 9.34. The molecule has 1 saturated carbocycles. The first-order chi connectivity index (χ1) is 14.3. The molecule has 0 aliphatic heterocycles. The number of nitrogens with zero attached hydrogens (tertiary/aromatic N) is 1. The number of ether oxygens (including phenoxy) is 1. The third-order valence-electron chi connectivity index (χ3n) is 5.80. The van der Waals surface area contributed by atoms with Crippen molar-refractivity contribution in [2.45, 2.75) is 38.2 Å². The first-order valence-electron chi connectivity index (χ1n) is 10.3. The maximum absolute atomic E-state index is 14.1. The van der Waals surface area contributed by atoms with E-state index in [2.05, 4.69) is 14.1 Å². The minimum absolute atomic E-state index is 0.0896. The monoisotopic (exact) mass is 415 g/mol. The van der Waals surface area contributed by atoms with Gasteiger partial charge in [0, 0.05) is 12.1 Å². The molecule has 30 heavy (non-hydrogen) atoms. The smallest absolute Gasteiger partial charge is 0.338 e. The molecule has 1 atom stereocenters. The maximum atomic E-state index is 14.1. The van der Waals surface area contributed by atoms with Crippen LogP contribution in [-0.2, 0) is 4.74 Å². The molecule has 2 aromatic carbocycles. The van der Waals surface area contributed by atoms with Gasteiger partial charge in [-0.15, -0.1) is 0 Å². The summed E-state index contributed by atoms with van der Waals surface area (Å²) in [4.78, 5) is 24.6. The average molecular weight is 415 g/mol. The van der Waals surface area contributed by atoms with Gasteiger partial charge in [-0.05, 0) is 42.7 Å². The molecule has 0 unspecified atom stereocenters. The van der Waals surface area contributed by atoms with E-state index in [1.807, 2.05) is 0 Å². The summed E-state index contributed by atoms with van der Waals surface area (Å²) >= 11 is 0. The van der Waals surface area contributed by atoms with Crippen molar-refractivity contribution in [1.29, 1.82) is 0 Å². The minimum atomic E-state index is -0.592. The highest BCUT2D eigenvalue weighted by molar-refractivity contribution is 5.89. The lowest BCUT2D eigenvalue weighted by molar-refractivity contribution is -0.867. The van der Waals surface area contributed by atoms with Crippen LogP contribution in [-0.4, -0.2) is 31.5 Å². The van der Waals surface area contributed by atoms with Gasteiger partial charge in [-0.2, -0.15) is 0 Å². The fourth-order valence-corrected chi connectivity index (χ4v) is 4.60. The van der Waals surface area contributed by atoms with Crippen LogP contribution in [0.5, 0.6) is 0 Å². The first kappa shape index (κ1) is 21.9. The lowest BCUT2D eigenvalue weighted by atomic mass is 9.68. The van der Waals surface area contributed by atoms with Crippen LogP contribution in [0.1, 0.15) is 54.1 Å². The Bertz CT molecular complexity index is 892. The number of carbonyl (C=O) groups is 1. The molecular weight excluding hydrogens is 387 g/mol. The van der Waals surface area contributed by atoms with Crippen LogP contribution in [0.4, 0.5) is 10.1 Å². The fraction of sp³-hybridized carbons (Fsp3) is 0.435. The molecule has 7 heteroatoms. The quantitative estimate of drug-likeness (QED) is 0.425. The zero-order valence-electron chi connectivity index (χ0n) is 17.4. The van der Waals surface area contributed by atoms with E-state index in [9.17, 15) is 19.3 Å². The average Bonchev–Trinajstić information content (AvgIpc) is 2.72. The molecule has 0 spiro atoms. The molecule has 0 aromatic heterocycles. The van der Waals surface area contributed by atoms with Crippen molar-refractivity contribution in [3.63, 3.8) is 0 Å². The molecule has 160 valence electrons. The van der Waals surface area contributed by atoms with E-state index < -0.39 is 17.0 Å². The summed E-state index contributed by atoms with van der Waals surface area (Å²) in [6.45, 7) is 0.793. The van der Waals surface area contributed by atoms with E-state index in [0.717, 1.165) is 38.6 Å². The Balaban J connectivity index is 1.96. The summed E-state index contributed by atoms with van der Waals surface area (Å²) in [6.07, 6.45) is 4.41. The van der Waals surface area contributed by atoms with Gasteiger partial charge in [0.25, 0.3) is 5.69 Å². The molecular formula is C23H28FN2O4+. The van der Waals surface area contributed by atoms with Crippen LogP contribution in [0.3, 0.4) is 0 Å². The first-order valence-corrected chi connectivity index (χ1v) is 10.3. The van der Waals surface area contributed by atoms with Crippen molar-refractivity contribution in [1.82, 2.24) is 0 Å². The third-order valence-corrected chi connectivity index (χ3v) is 5.80. The zero-order chi connectivity index (χ0) is 21.7. The van der Waals surface area contributed by atoms with E-state index in [1.54, 1.807) is 12.1 Å². The third kappa shape index (κ3) is 5.02. The van der Waals surface area contributed by atoms with Crippen LogP contribution >= 0.6 is 0 Å². The van der Waals surface area contributed by atoms with Gasteiger partial charge in [0.1, 0.15) is 11.9 Å². The van der Waals surface area contributed by atoms with Crippen molar-refractivity contribution in [3.8, 4) is 0 Å². The van der Waals surface area contributed by atoms with Gasteiger partial charge in [0.2, 0.25) is 0 Å². The summed E-state index contributed by atoms with van der Waals surface area (Å²) < 4.78 is 20.1. The Labute approximate surface area is 175 Å². The van der Waals surface area contributed by atoms with Crippen molar-refractivity contribution in [2.24, 2.45) is 5.41 Å². The van der Waals surface area contributed by atoms with Gasteiger partial charge in [0.05, 0.1) is 36.5 Å². The number of nitrogens with one attached hydrogen (secondary N) is 1. The molecule has 1 N–H and O–H groups in total. The predicted octanol–water partition coefficient (Wildman–Crippen LogP) is 3.73. The Kier molecular flexibility index (Phi) is 6.82. The van der Waals surface area contributed by atoms with E-state index in [-0.39, 0.29) is 22.5 Å². The van der Waals surface area contributed by atoms with Crippen molar-refractivity contribution < 1.29 is 23.7 Å². The van der Waals surface area contributed by atoms with Gasteiger partial charge in [-0.3, -0.25) is 10.1 Å². The molecule has 1 aliphatic carbocycles. The Hall–Kier alpha value is -2.80. The van der Waals surface area contributed by atoms with E-state index in [1.165, 1.54) is 41.3 Å². The Morgan fingerprint density at radius 1 is 1.17 bits per heavy atom. The van der Waals surface area contributed by atoms with Gasteiger partial charge in [0.15, 0.2) is 0 Å². The van der Waals surface area contributed by atoms with Crippen LogP contribution in [0.25, 0.3) is 0 Å². The highest BCUT2D eigenvalue weighted by atomic mass is 19.1. The lowest BCUT2D eigenvalue weighted by Crippen LogP contribution is -3.07. The van der Waals surface area contributed by atoms with Crippen LogP contribution in [0.2, 0.25) is 0 Å².